The summed E-state index contributed by atoms with van der Waals surface area (Å²) < 4.78 is 55.0. The second-order valence-corrected chi connectivity index (χ2v) is 12.9. The maximum atomic E-state index is 13.8. The van der Waals surface area contributed by atoms with Gasteiger partial charge in [-0.1, -0.05) is 0 Å². The second kappa shape index (κ2) is 11.8. The number of nitrogens with one attached hydrogen (secondary N) is 2. The molecule has 44 heavy (non-hydrogen) atoms. The fraction of sp³-hybridized carbons (Fsp3) is 0.357. The normalized spacial score (nSPS) is 16.0. The predicted molar refractivity (Wildman–Crippen MR) is 156 cm³/mol. The van der Waals surface area contributed by atoms with Gasteiger partial charge in [0.1, 0.15) is 11.6 Å². The van der Waals surface area contributed by atoms with Gasteiger partial charge < -0.3 is 26.0 Å². The van der Waals surface area contributed by atoms with E-state index in [1.54, 1.807) is 19.0 Å². The van der Waals surface area contributed by atoms with Crippen LogP contribution < -0.4 is 20.9 Å². The summed E-state index contributed by atoms with van der Waals surface area (Å²) in [5, 5.41) is 19.0. The number of sulfonamides is 1. The molecular formula is C28H31F2N7O6S. The summed E-state index contributed by atoms with van der Waals surface area (Å²) in [6, 6.07) is 5.07. The number of hydrogen-bond acceptors (Lipinski definition) is 8. The highest BCUT2D eigenvalue weighted by Crippen LogP contribution is 2.35. The molecule has 0 saturated carbocycles. The Morgan fingerprint density at radius 1 is 1.05 bits per heavy atom. The maximum Gasteiger partial charge on any atom is 0.306 e. The number of hydrogen-bond donors (Lipinski definition) is 4. The Hall–Kier alpha value is -4.57. The lowest BCUT2D eigenvalue weighted by Gasteiger charge is -2.35. The predicted octanol–water partition coefficient (Wildman–Crippen LogP) is 2.15. The third kappa shape index (κ3) is 5.94. The number of nitrogens with zero attached hydrogens (tertiary/aromatic N) is 4. The molecule has 2 aromatic carbocycles. The number of aromatic amines is 1. The molecule has 5 N–H and O–H groups in total. The van der Waals surface area contributed by atoms with E-state index in [-0.39, 0.29) is 36.5 Å². The van der Waals surface area contributed by atoms with Gasteiger partial charge in [0.2, 0.25) is 15.9 Å². The van der Waals surface area contributed by atoms with Crippen LogP contribution in [0, 0.1) is 17.6 Å². The van der Waals surface area contributed by atoms with Crippen molar-refractivity contribution in [3.05, 3.63) is 64.4 Å². The number of carbonyl (C=O) groups is 3. The Balaban J connectivity index is 1.44. The highest BCUT2D eigenvalue weighted by atomic mass is 32.2. The van der Waals surface area contributed by atoms with Gasteiger partial charge in [-0.3, -0.25) is 19.5 Å². The number of H-pyrrole nitrogens is 1. The van der Waals surface area contributed by atoms with E-state index in [0.717, 1.165) is 16.4 Å². The van der Waals surface area contributed by atoms with Gasteiger partial charge >= 0.3 is 5.97 Å². The molecule has 0 aliphatic carbocycles. The minimum Gasteiger partial charge on any atom is -0.481 e. The van der Waals surface area contributed by atoms with Gasteiger partial charge in [-0.05, 0) is 37.1 Å². The zero-order valence-corrected chi connectivity index (χ0v) is 24.7. The van der Waals surface area contributed by atoms with Gasteiger partial charge in [-0.2, -0.15) is 9.40 Å². The van der Waals surface area contributed by atoms with E-state index >= 15 is 0 Å². The minimum absolute atomic E-state index is 0.00277. The van der Waals surface area contributed by atoms with Crippen LogP contribution in [0.25, 0.3) is 0 Å². The minimum atomic E-state index is -4.29. The molecule has 2 amide bonds. The summed E-state index contributed by atoms with van der Waals surface area (Å²) in [4.78, 5) is 40.8. The Morgan fingerprint density at radius 3 is 2.30 bits per heavy atom. The molecule has 13 nitrogen and oxygen atoms in total. The van der Waals surface area contributed by atoms with Crippen molar-refractivity contribution in [2.45, 2.75) is 30.7 Å². The monoisotopic (exact) mass is 631 g/mol. The van der Waals surface area contributed by atoms with Crippen LogP contribution in [-0.2, 0) is 27.8 Å². The smallest absolute Gasteiger partial charge is 0.306 e. The summed E-state index contributed by atoms with van der Waals surface area (Å²) in [7, 11) is -0.762. The summed E-state index contributed by atoms with van der Waals surface area (Å²) in [5.41, 5.74) is 7.69. The molecule has 0 radical (unpaired) electrons. The van der Waals surface area contributed by atoms with Crippen molar-refractivity contribution in [1.82, 2.24) is 14.5 Å². The number of benzene rings is 2. The zero-order chi connectivity index (χ0) is 31.9. The van der Waals surface area contributed by atoms with E-state index in [4.69, 9.17) is 5.73 Å². The molecule has 2 aliphatic heterocycles. The molecule has 0 atom stereocenters. The summed E-state index contributed by atoms with van der Waals surface area (Å²) in [6.07, 6.45) is 1.00. The molecule has 1 aromatic heterocycles. The number of aromatic nitrogens is 2. The number of carboxylic acid groups (broad SMARTS) is 1. The SMILES string of the molecule is CN(C)c1cc(C(N)=O)c(C(=O)Nc2n[nH]c3c2CN(S(=O)(=O)c2cc(F)cc(F)c2)CC3)cc1N1CCC(C(=O)O)CC1. The van der Waals surface area contributed by atoms with Gasteiger partial charge in [0, 0.05) is 64.0 Å². The second-order valence-electron chi connectivity index (χ2n) is 10.9. The molecule has 16 heteroatoms. The van der Waals surface area contributed by atoms with Gasteiger partial charge in [-0.15, -0.1) is 0 Å². The van der Waals surface area contributed by atoms with Gasteiger partial charge in [0.05, 0.1) is 33.3 Å². The van der Waals surface area contributed by atoms with Gasteiger partial charge in [0.25, 0.3) is 5.91 Å². The van der Waals surface area contributed by atoms with Crippen LogP contribution in [0.1, 0.15) is 44.8 Å². The molecule has 3 aromatic rings. The van der Waals surface area contributed by atoms with Crippen LogP contribution in [0.4, 0.5) is 26.0 Å². The molecule has 0 bridgehead atoms. The van der Waals surface area contributed by atoms with E-state index in [2.05, 4.69) is 15.5 Å². The van der Waals surface area contributed by atoms with Gasteiger partial charge in [0.15, 0.2) is 5.82 Å². The number of piperidine rings is 1. The molecule has 1 fully saturated rings. The lowest BCUT2D eigenvalue weighted by molar-refractivity contribution is -0.142. The molecule has 234 valence electrons. The molecule has 0 unspecified atom stereocenters. The molecule has 0 spiro atoms. The quantitative estimate of drug-likeness (QED) is 0.290. The van der Waals surface area contributed by atoms with Crippen molar-refractivity contribution in [2.24, 2.45) is 11.7 Å². The first-order valence-corrected chi connectivity index (χ1v) is 15.2. The van der Waals surface area contributed by atoms with Crippen molar-refractivity contribution >= 4 is 45.0 Å². The molecular weight excluding hydrogens is 600 g/mol. The molecule has 1 saturated heterocycles. The number of aliphatic carboxylic acids is 1. The van der Waals surface area contributed by atoms with Crippen LogP contribution in [0.5, 0.6) is 0 Å². The number of fused-ring (bicyclic) bond motifs is 1. The Labute approximate surface area is 251 Å². The van der Waals surface area contributed by atoms with E-state index in [9.17, 15) is 36.7 Å². The maximum absolute atomic E-state index is 13.8. The Morgan fingerprint density at radius 2 is 1.70 bits per heavy atom. The number of rotatable bonds is 8. The highest BCUT2D eigenvalue weighted by Gasteiger charge is 2.33. The number of anilines is 3. The van der Waals surface area contributed by atoms with Gasteiger partial charge in [-0.25, -0.2) is 17.2 Å². The number of amides is 2. The summed E-state index contributed by atoms with van der Waals surface area (Å²) >= 11 is 0. The molecule has 3 heterocycles. The largest absolute Gasteiger partial charge is 0.481 e. The van der Waals surface area contributed by atoms with Crippen LogP contribution in [-0.4, -0.2) is 79.5 Å². The van der Waals surface area contributed by atoms with Crippen LogP contribution in [0.2, 0.25) is 0 Å². The first kappa shape index (κ1) is 30.9. The fourth-order valence-electron chi connectivity index (χ4n) is 5.53. The number of carboxylic acids is 1. The Kier molecular flexibility index (Phi) is 8.31. The van der Waals surface area contributed by atoms with Crippen molar-refractivity contribution in [3.8, 4) is 0 Å². The van der Waals surface area contributed by atoms with E-state index in [1.807, 2.05) is 4.90 Å². The lowest BCUT2D eigenvalue weighted by Crippen LogP contribution is -2.37. The van der Waals surface area contributed by atoms with E-state index < -0.39 is 50.3 Å². The standard InChI is InChI=1S/C28H31F2N7O6S/c1-35(2)23-12-19(25(31)38)20(13-24(23)36-6-3-15(4-7-36)28(40)41)27(39)32-26-21-14-37(8-5-22(21)33-34-26)44(42,43)18-10-16(29)9-17(30)11-18/h9-13,15H,3-8,14H2,1-2H3,(H2,31,38)(H,40,41)(H2,32,33,34,39). The van der Waals surface area contributed by atoms with E-state index in [0.29, 0.717) is 54.6 Å². The summed E-state index contributed by atoms with van der Waals surface area (Å²) in [6.45, 7) is 0.596. The number of primary amides is 1. The van der Waals surface area contributed by atoms with E-state index in [1.165, 1.54) is 12.1 Å². The van der Waals surface area contributed by atoms with Crippen molar-refractivity contribution in [2.75, 3.05) is 48.8 Å². The Bertz CT molecular complexity index is 1730. The highest BCUT2D eigenvalue weighted by molar-refractivity contribution is 7.89. The first-order valence-electron chi connectivity index (χ1n) is 13.7. The van der Waals surface area contributed by atoms with Crippen LogP contribution >= 0.6 is 0 Å². The average Bonchev–Trinajstić information content (AvgIpc) is 3.37. The van der Waals surface area contributed by atoms with Crippen molar-refractivity contribution in [1.29, 1.82) is 0 Å². The average molecular weight is 632 g/mol. The lowest BCUT2D eigenvalue weighted by atomic mass is 9.95. The first-order chi connectivity index (χ1) is 20.8. The third-order valence-corrected chi connectivity index (χ3v) is 9.72. The van der Waals surface area contributed by atoms with Crippen LogP contribution in [0.3, 0.4) is 0 Å². The molecule has 5 rings (SSSR count). The number of nitrogens with two attached hydrogens (primary N) is 1. The topological polar surface area (TPSA) is 182 Å². The molecule has 2 aliphatic rings. The third-order valence-electron chi connectivity index (χ3n) is 7.90. The van der Waals surface area contributed by atoms with Crippen LogP contribution in [0.15, 0.2) is 35.2 Å². The zero-order valence-electron chi connectivity index (χ0n) is 23.9. The van der Waals surface area contributed by atoms with Crippen molar-refractivity contribution < 1.29 is 36.7 Å². The number of carbonyl (C=O) groups excluding carboxylic acids is 2. The van der Waals surface area contributed by atoms with Crippen molar-refractivity contribution in [3.63, 3.8) is 0 Å². The number of halogens is 2. The fourth-order valence-corrected chi connectivity index (χ4v) is 6.98. The summed E-state index contributed by atoms with van der Waals surface area (Å²) in [5.74, 6) is -4.96.